The molecule has 0 aromatic heterocycles. The summed E-state index contributed by atoms with van der Waals surface area (Å²) in [5, 5.41) is 5.13. The lowest BCUT2D eigenvalue weighted by atomic mass is 10.2. The van der Waals surface area contributed by atoms with Crippen molar-refractivity contribution in [2.24, 2.45) is 5.14 Å². The summed E-state index contributed by atoms with van der Waals surface area (Å²) in [4.78, 5) is 1.85. The molecule has 0 aliphatic heterocycles. The van der Waals surface area contributed by atoms with E-state index in [0.717, 1.165) is 5.69 Å². The summed E-state index contributed by atoms with van der Waals surface area (Å²) in [5.41, 5.74) is 7.88. The predicted molar refractivity (Wildman–Crippen MR) is 76.7 cm³/mol. The Kier molecular flexibility index (Phi) is 3.46. The molecular weight excluding hydrogens is 262 g/mol. The molecule has 4 N–H and O–H groups in total. The molecule has 100 valence electrons. The first kappa shape index (κ1) is 13.4. The summed E-state index contributed by atoms with van der Waals surface area (Å²) in [6.45, 7) is 0. The minimum Gasteiger partial charge on any atom is -0.397 e. The lowest BCUT2D eigenvalue weighted by Gasteiger charge is -2.21. The van der Waals surface area contributed by atoms with Crippen LogP contribution in [0.1, 0.15) is 0 Å². The molecule has 0 bridgehead atoms. The topological polar surface area (TPSA) is 89.4 Å². The fourth-order valence-electron chi connectivity index (χ4n) is 1.78. The molecule has 6 heteroatoms. The van der Waals surface area contributed by atoms with Gasteiger partial charge >= 0.3 is 0 Å². The second-order valence-electron chi connectivity index (χ2n) is 4.16. The molecule has 2 aromatic rings. The number of sulfonamides is 1. The van der Waals surface area contributed by atoms with Crippen LogP contribution in [0.25, 0.3) is 0 Å². The van der Waals surface area contributed by atoms with E-state index >= 15 is 0 Å². The van der Waals surface area contributed by atoms with Gasteiger partial charge in [0.1, 0.15) is 0 Å². The second-order valence-corrected chi connectivity index (χ2v) is 5.72. The first-order valence-corrected chi connectivity index (χ1v) is 7.15. The summed E-state index contributed by atoms with van der Waals surface area (Å²) in [5.74, 6) is 0. The number of nitrogens with two attached hydrogens (primary N) is 2. The first-order valence-electron chi connectivity index (χ1n) is 5.60. The van der Waals surface area contributed by atoms with Gasteiger partial charge in [0.2, 0.25) is 10.0 Å². The molecule has 0 aliphatic carbocycles. The van der Waals surface area contributed by atoms with Crippen LogP contribution < -0.4 is 15.8 Å². The van der Waals surface area contributed by atoms with Crippen LogP contribution in [0.4, 0.5) is 17.1 Å². The van der Waals surface area contributed by atoms with Gasteiger partial charge in [-0.3, -0.25) is 0 Å². The van der Waals surface area contributed by atoms with E-state index in [1.165, 1.54) is 18.2 Å². The third-order valence-electron chi connectivity index (χ3n) is 2.84. The van der Waals surface area contributed by atoms with Crippen LogP contribution in [0.5, 0.6) is 0 Å². The summed E-state index contributed by atoms with van der Waals surface area (Å²) >= 11 is 0. The molecule has 0 spiro atoms. The smallest absolute Gasteiger partial charge is 0.238 e. The minimum absolute atomic E-state index is 0.0412. The third-order valence-corrected chi connectivity index (χ3v) is 3.75. The maximum atomic E-state index is 11.4. The summed E-state index contributed by atoms with van der Waals surface area (Å²) in [6, 6.07) is 13.9. The normalized spacial score (nSPS) is 11.3. The fraction of sp³-hybridized carbons (Fsp3) is 0.0769. The second kappa shape index (κ2) is 4.91. The van der Waals surface area contributed by atoms with E-state index < -0.39 is 10.0 Å². The Morgan fingerprint density at radius 2 is 1.68 bits per heavy atom. The third kappa shape index (κ3) is 2.86. The number of nitrogens with zero attached hydrogens (tertiary/aromatic N) is 1. The zero-order valence-electron chi connectivity index (χ0n) is 10.4. The van der Waals surface area contributed by atoms with Gasteiger partial charge in [-0.15, -0.1) is 0 Å². The highest BCUT2D eigenvalue weighted by Crippen LogP contribution is 2.30. The molecule has 0 aliphatic rings. The molecule has 19 heavy (non-hydrogen) atoms. The van der Waals surface area contributed by atoms with E-state index in [-0.39, 0.29) is 4.90 Å². The van der Waals surface area contributed by atoms with Crippen LogP contribution in [0, 0.1) is 0 Å². The Hall–Kier alpha value is -2.05. The zero-order valence-corrected chi connectivity index (χ0v) is 11.3. The highest BCUT2D eigenvalue weighted by Gasteiger charge is 2.13. The van der Waals surface area contributed by atoms with Gasteiger partial charge in [-0.1, -0.05) is 18.2 Å². The monoisotopic (exact) mass is 277 g/mol. The van der Waals surface area contributed by atoms with E-state index in [4.69, 9.17) is 10.9 Å². The van der Waals surface area contributed by atoms with Crippen molar-refractivity contribution in [1.29, 1.82) is 0 Å². The number of hydrogen-bond acceptors (Lipinski definition) is 4. The highest BCUT2D eigenvalue weighted by molar-refractivity contribution is 7.89. The van der Waals surface area contributed by atoms with Gasteiger partial charge in [-0.05, 0) is 30.3 Å². The van der Waals surface area contributed by atoms with Gasteiger partial charge in [0.15, 0.2) is 0 Å². The van der Waals surface area contributed by atoms with E-state index in [1.54, 1.807) is 0 Å². The van der Waals surface area contributed by atoms with Crippen molar-refractivity contribution in [2.75, 3.05) is 17.7 Å². The fourth-order valence-corrected chi connectivity index (χ4v) is 2.32. The predicted octanol–water partition coefficient (Wildman–Crippen LogP) is 1.68. The molecule has 0 saturated heterocycles. The number of primary sulfonamides is 1. The van der Waals surface area contributed by atoms with Crippen molar-refractivity contribution in [3.8, 4) is 0 Å². The van der Waals surface area contributed by atoms with E-state index in [9.17, 15) is 8.42 Å². The number of benzene rings is 2. The standard InChI is InChI=1S/C13H15N3O2S/c1-16(10-5-3-2-4-6-10)13-9-11(19(15,17)18)7-8-12(13)14/h2-9H,14H2,1H3,(H2,15,17,18). The SMILES string of the molecule is CN(c1ccccc1)c1cc(S(N)(=O)=O)ccc1N. The molecule has 0 radical (unpaired) electrons. The number of anilines is 3. The molecule has 2 rings (SSSR count). The van der Waals surface area contributed by atoms with Crippen LogP contribution in [-0.4, -0.2) is 15.5 Å². The molecule has 5 nitrogen and oxygen atoms in total. The van der Waals surface area contributed by atoms with Crippen LogP contribution in [0.2, 0.25) is 0 Å². The Balaban J connectivity index is 2.51. The Bertz CT molecular complexity index is 684. The largest absolute Gasteiger partial charge is 0.397 e. The molecule has 0 amide bonds. The van der Waals surface area contributed by atoms with Crippen LogP contribution >= 0.6 is 0 Å². The first-order chi connectivity index (χ1) is 8.89. The van der Waals surface area contributed by atoms with Crippen molar-refractivity contribution < 1.29 is 8.42 Å². The maximum Gasteiger partial charge on any atom is 0.238 e. The summed E-state index contributed by atoms with van der Waals surface area (Å²) < 4.78 is 22.7. The molecule has 0 saturated carbocycles. The van der Waals surface area contributed by atoms with Gasteiger partial charge in [0.05, 0.1) is 16.3 Å². The Morgan fingerprint density at radius 1 is 1.05 bits per heavy atom. The van der Waals surface area contributed by atoms with Crippen LogP contribution in [0.15, 0.2) is 53.4 Å². The van der Waals surface area contributed by atoms with Crippen molar-refractivity contribution in [3.05, 3.63) is 48.5 Å². The van der Waals surface area contributed by atoms with Crippen molar-refractivity contribution in [1.82, 2.24) is 0 Å². The number of rotatable bonds is 3. The van der Waals surface area contributed by atoms with E-state index in [0.29, 0.717) is 11.4 Å². The van der Waals surface area contributed by atoms with Crippen LogP contribution in [-0.2, 0) is 10.0 Å². The molecule has 0 heterocycles. The van der Waals surface area contributed by atoms with E-state index in [2.05, 4.69) is 0 Å². The molecule has 2 aromatic carbocycles. The minimum atomic E-state index is -3.74. The molecule has 0 atom stereocenters. The van der Waals surface area contributed by atoms with Gasteiger partial charge in [0, 0.05) is 12.7 Å². The Morgan fingerprint density at radius 3 is 2.26 bits per heavy atom. The van der Waals surface area contributed by atoms with Crippen molar-refractivity contribution >= 4 is 27.1 Å². The van der Waals surface area contributed by atoms with Gasteiger partial charge in [0.25, 0.3) is 0 Å². The molecule has 0 unspecified atom stereocenters. The average Bonchev–Trinajstić information content (AvgIpc) is 2.38. The van der Waals surface area contributed by atoms with Gasteiger partial charge in [-0.25, -0.2) is 13.6 Å². The van der Waals surface area contributed by atoms with Gasteiger partial charge < -0.3 is 10.6 Å². The number of hydrogen-bond donors (Lipinski definition) is 2. The van der Waals surface area contributed by atoms with Crippen LogP contribution in [0.3, 0.4) is 0 Å². The average molecular weight is 277 g/mol. The zero-order chi connectivity index (χ0) is 14.0. The molecular formula is C13H15N3O2S. The molecule has 0 fully saturated rings. The van der Waals surface area contributed by atoms with Gasteiger partial charge in [-0.2, -0.15) is 0 Å². The maximum absolute atomic E-state index is 11.4. The lowest BCUT2D eigenvalue weighted by molar-refractivity contribution is 0.598. The van der Waals surface area contributed by atoms with E-state index in [1.807, 2.05) is 42.3 Å². The number of para-hydroxylation sites is 1. The number of nitrogen functional groups attached to an aromatic ring is 1. The summed E-state index contributed by atoms with van der Waals surface area (Å²) in [6.07, 6.45) is 0. The Labute approximate surface area is 112 Å². The van der Waals surface area contributed by atoms with Crippen molar-refractivity contribution in [2.45, 2.75) is 4.90 Å². The lowest BCUT2D eigenvalue weighted by Crippen LogP contribution is -2.15. The highest BCUT2D eigenvalue weighted by atomic mass is 32.2. The van der Waals surface area contributed by atoms with Crippen molar-refractivity contribution in [3.63, 3.8) is 0 Å². The summed E-state index contributed by atoms with van der Waals surface area (Å²) in [7, 11) is -1.93. The quantitative estimate of drug-likeness (QED) is 0.835.